The lowest BCUT2D eigenvalue weighted by Gasteiger charge is -2.29. The van der Waals surface area contributed by atoms with Crippen molar-refractivity contribution in [2.24, 2.45) is 5.92 Å². The molecule has 2 atom stereocenters. The van der Waals surface area contributed by atoms with Gasteiger partial charge in [0, 0.05) is 10.9 Å². The second-order valence-corrected chi connectivity index (χ2v) is 7.80. The molecule has 6 nitrogen and oxygen atoms in total. The molecular weight excluding hydrogens is 416 g/mol. The van der Waals surface area contributed by atoms with Gasteiger partial charge in [-0.2, -0.15) is 4.74 Å². The van der Waals surface area contributed by atoms with E-state index in [2.05, 4.69) is 10.3 Å². The lowest BCUT2D eigenvalue weighted by Crippen LogP contribution is -2.51. The Labute approximate surface area is 182 Å². The first-order valence-electron chi connectivity index (χ1n) is 10.2. The van der Waals surface area contributed by atoms with Gasteiger partial charge in [-0.05, 0) is 36.8 Å². The van der Waals surface area contributed by atoms with Crippen LogP contribution in [-0.2, 0) is 4.74 Å². The number of allylic oxidation sites excluding steroid dienone is 4. The van der Waals surface area contributed by atoms with E-state index in [0.717, 1.165) is 22.3 Å². The number of H-pyrrole nitrogens is 1. The van der Waals surface area contributed by atoms with Gasteiger partial charge in [0.15, 0.2) is 24.0 Å². The first-order valence-corrected chi connectivity index (χ1v) is 10.2. The first-order chi connectivity index (χ1) is 15.4. The number of amides is 1. The maximum absolute atomic E-state index is 13.7. The number of hydroxylamine groups is 1. The van der Waals surface area contributed by atoms with Crippen molar-refractivity contribution in [1.82, 2.24) is 10.3 Å². The molecule has 5 rings (SSSR count). The maximum atomic E-state index is 13.7. The van der Waals surface area contributed by atoms with Gasteiger partial charge in [-0.3, -0.25) is 10.1 Å². The van der Waals surface area contributed by atoms with Crippen molar-refractivity contribution < 1.29 is 23.1 Å². The molecule has 1 aromatic heterocycles. The molecule has 0 radical (unpaired) electrons. The number of hydrogen-bond acceptors (Lipinski definition) is 3. The van der Waals surface area contributed by atoms with E-state index in [-0.39, 0.29) is 18.2 Å². The zero-order valence-electron chi connectivity index (χ0n) is 17.1. The largest absolute Gasteiger partial charge is 0.622 e. The quantitative estimate of drug-likeness (QED) is 0.477. The summed E-state index contributed by atoms with van der Waals surface area (Å²) in [5, 5.41) is 16.3. The Morgan fingerprint density at radius 3 is 2.88 bits per heavy atom. The number of rotatable bonds is 3. The number of ether oxygens (including phenoxy) is 1. The van der Waals surface area contributed by atoms with Gasteiger partial charge in [-0.15, -0.1) is 0 Å². The summed E-state index contributed by atoms with van der Waals surface area (Å²) < 4.78 is 33.5. The van der Waals surface area contributed by atoms with Crippen LogP contribution in [0.3, 0.4) is 0 Å². The lowest BCUT2D eigenvalue weighted by atomic mass is 9.98. The number of nitrogens with one attached hydrogen (secondary N) is 2. The number of carbonyl (C=O) groups is 1. The minimum absolute atomic E-state index is 0.0193. The maximum Gasteiger partial charge on any atom is 0.273 e. The van der Waals surface area contributed by atoms with Crippen molar-refractivity contribution in [3.05, 3.63) is 89.0 Å². The summed E-state index contributed by atoms with van der Waals surface area (Å²) >= 11 is 0. The summed E-state index contributed by atoms with van der Waals surface area (Å²) in [6, 6.07) is 10.6. The Hall–Kier alpha value is -3.94. The van der Waals surface area contributed by atoms with Crippen LogP contribution in [0.5, 0.6) is 0 Å². The summed E-state index contributed by atoms with van der Waals surface area (Å²) in [4.78, 5) is 16.0. The minimum Gasteiger partial charge on any atom is -0.622 e. The van der Waals surface area contributed by atoms with E-state index in [9.17, 15) is 18.8 Å². The standard InChI is InChI=1S/C24H19F2N3O3/c1-13-4-2-7-20-23(13)29(31)21(12-32-20)28-24(30)19-11-15-5-3-6-16(22(15)27-19)14-8-9-17(25)18(26)10-14/h2-11,13,21,27H,12H2,1H3,(H,28,30). The van der Waals surface area contributed by atoms with Crippen LogP contribution in [0.15, 0.2) is 66.5 Å². The van der Waals surface area contributed by atoms with Crippen LogP contribution in [-0.4, -0.2) is 34.1 Å². The second-order valence-electron chi connectivity index (χ2n) is 7.80. The van der Waals surface area contributed by atoms with Crippen LogP contribution < -0.4 is 5.32 Å². The third-order valence-corrected chi connectivity index (χ3v) is 5.68. The predicted octanol–water partition coefficient (Wildman–Crippen LogP) is 4.24. The number of aromatic nitrogens is 1. The van der Waals surface area contributed by atoms with E-state index >= 15 is 0 Å². The average Bonchev–Trinajstić information content (AvgIpc) is 3.22. The van der Waals surface area contributed by atoms with Gasteiger partial charge in [0.25, 0.3) is 12.1 Å². The van der Waals surface area contributed by atoms with E-state index in [1.165, 1.54) is 6.07 Å². The Bertz CT molecular complexity index is 1340. The molecule has 0 bridgehead atoms. The number of carbonyl (C=O) groups excluding carboxylic acids is 1. The van der Waals surface area contributed by atoms with Gasteiger partial charge in [0.1, 0.15) is 5.69 Å². The van der Waals surface area contributed by atoms with Crippen LogP contribution in [0.2, 0.25) is 0 Å². The van der Waals surface area contributed by atoms with Gasteiger partial charge in [0.05, 0.1) is 11.4 Å². The van der Waals surface area contributed by atoms with Crippen molar-refractivity contribution >= 4 is 22.5 Å². The zero-order chi connectivity index (χ0) is 22.4. The summed E-state index contributed by atoms with van der Waals surface area (Å²) in [7, 11) is 0. The summed E-state index contributed by atoms with van der Waals surface area (Å²) in [5.74, 6) is -1.96. The first kappa shape index (κ1) is 20.0. The fraction of sp³-hybridized carbons (Fsp3) is 0.167. The Morgan fingerprint density at radius 2 is 2.06 bits per heavy atom. The van der Waals surface area contributed by atoms with E-state index in [4.69, 9.17) is 4.74 Å². The van der Waals surface area contributed by atoms with Gasteiger partial charge in [-0.1, -0.05) is 36.4 Å². The molecule has 2 aliphatic rings. The summed E-state index contributed by atoms with van der Waals surface area (Å²) in [5.41, 5.74) is 2.42. The number of fused-ring (bicyclic) bond motifs is 2. The molecule has 2 unspecified atom stereocenters. The van der Waals surface area contributed by atoms with Crippen molar-refractivity contribution in [3.8, 4) is 11.1 Å². The van der Waals surface area contributed by atoms with Crippen LogP contribution >= 0.6 is 0 Å². The van der Waals surface area contributed by atoms with Gasteiger partial charge in [0.2, 0.25) is 5.71 Å². The number of hydrogen-bond donors (Lipinski definition) is 2. The number of para-hydroxylation sites is 1. The molecule has 8 heteroatoms. The fourth-order valence-electron chi connectivity index (χ4n) is 4.06. The SMILES string of the molecule is CC1C=CC=C2OCC(NC(=O)c3cc4cccc(-c5ccc(F)c(F)c5)c4[nH]3)[N+]([O-])=C21. The van der Waals surface area contributed by atoms with Crippen molar-refractivity contribution in [2.75, 3.05) is 6.61 Å². The highest BCUT2D eigenvalue weighted by molar-refractivity contribution is 6.02. The molecule has 32 heavy (non-hydrogen) atoms. The minimum atomic E-state index is -0.949. The predicted molar refractivity (Wildman–Crippen MR) is 116 cm³/mol. The van der Waals surface area contributed by atoms with Crippen LogP contribution in [0.4, 0.5) is 8.78 Å². The molecule has 0 saturated carbocycles. The van der Waals surface area contributed by atoms with Gasteiger partial charge in [-0.25, -0.2) is 8.78 Å². The van der Waals surface area contributed by atoms with Crippen LogP contribution in [0, 0.1) is 22.8 Å². The summed E-state index contributed by atoms with van der Waals surface area (Å²) in [6.07, 6.45) is 4.58. The lowest BCUT2D eigenvalue weighted by molar-refractivity contribution is -0.518. The van der Waals surface area contributed by atoms with Crippen molar-refractivity contribution in [1.29, 1.82) is 0 Å². The molecule has 0 saturated heterocycles. The van der Waals surface area contributed by atoms with Gasteiger partial charge < -0.3 is 14.9 Å². The summed E-state index contributed by atoms with van der Waals surface area (Å²) in [6.45, 7) is 1.90. The zero-order valence-corrected chi connectivity index (χ0v) is 17.1. The molecule has 2 N–H and O–H groups in total. The van der Waals surface area contributed by atoms with E-state index in [1.807, 2.05) is 19.1 Å². The number of halogens is 2. The second kappa shape index (κ2) is 7.64. The highest BCUT2D eigenvalue weighted by Crippen LogP contribution is 2.30. The third-order valence-electron chi connectivity index (χ3n) is 5.68. The van der Waals surface area contributed by atoms with E-state index in [0.29, 0.717) is 28.1 Å². The van der Waals surface area contributed by atoms with Gasteiger partial charge >= 0.3 is 0 Å². The molecule has 1 amide bonds. The Morgan fingerprint density at radius 1 is 1.22 bits per heavy atom. The van der Waals surface area contributed by atoms with Crippen molar-refractivity contribution in [3.63, 3.8) is 0 Å². The van der Waals surface area contributed by atoms with E-state index in [1.54, 1.807) is 30.3 Å². The normalized spacial score (nSPS) is 20.0. The monoisotopic (exact) mass is 435 g/mol. The highest BCUT2D eigenvalue weighted by atomic mass is 19.2. The van der Waals surface area contributed by atoms with Crippen LogP contribution in [0.25, 0.3) is 22.0 Å². The number of benzene rings is 2. The van der Waals surface area contributed by atoms with Crippen molar-refractivity contribution in [2.45, 2.75) is 13.1 Å². The third kappa shape index (κ3) is 3.33. The number of aromatic amines is 1. The highest BCUT2D eigenvalue weighted by Gasteiger charge is 2.36. The molecule has 2 heterocycles. The van der Waals surface area contributed by atoms with Crippen LogP contribution in [0.1, 0.15) is 17.4 Å². The average molecular weight is 435 g/mol. The Balaban J connectivity index is 1.45. The molecule has 1 aliphatic heterocycles. The smallest absolute Gasteiger partial charge is 0.273 e. The molecule has 3 aromatic rings. The van der Waals surface area contributed by atoms with E-state index < -0.39 is 23.7 Å². The Kier molecular flexibility index (Phi) is 4.77. The molecule has 162 valence electrons. The fourth-order valence-corrected chi connectivity index (χ4v) is 4.06. The molecule has 2 aromatic carbocycles. The molecule has 0 spiro atoms. The topological polar surface area (TPSA) is 80.2 Å². The number of nitrogens with zero attached hydrogens (tertiary/aromatic N) is 1. The molecular formula is C24H19F2N3O3. The molecule has 1 aliphatic carbocycles. The molecule has 0 fully saturated rings.